The Balaban J connectivity index is 2.16. The maximum Gasteiger partial charge on any atom is 0.111 e. The van der Waals surface area contributed by atoms with Crippen molar-refractivity contribution in [1.82, 2.24) is 0 Å². The summed E-state index contributed by atoms with van der Waals surface area (Å²) in [5.74, 6) is 0.847. The molecule has 3 heteroatoms. The molecule has 2 atom stereocenters. The first-order chi connectivity index (χ1) is 5.38. The molecule has 60 valence electrons. The molecule has 2 heterocycles. The highest BCUT2D eigenvalue weighted by molar-refractivity contribution is 5.09. The Labute approximate surface area is 64.6 Å². The largest absolute Gasteiger partial charge is 0.469 e. The highest BCUT2D eigenvalue weighted by atomic mass is 16.5. The van der Waals surface area contributed by atoms with Gasteiger partial charge in [0.15, 0.2) is 0 Å². The molecular formula is C8H10O3. The summed E-state index contributed by atoms with van der Waals surface area (Å²) in [5, 5.41) is 9.38. The number of rotatable bonds is 1. The van der Waals surface area contributed by atoms with Crippen molar-refractivity contribution >= 4 is 0 Å². The van der Waals surface area contributed by atoms with Gasteiger partial charge in [0.05, 0.1) is 31.5 Å². The van der Waals surface area contributed by atoms with E-state index in [1.165, 1.54) is 0 Å². The molecule has 0 saturated carbocycles. The lowest BCUT2D eigenvalue weighted by Gasteiger charge is -2.07. The van der Waals surface area contributed by atoms with Gasteiger partial charge >= 0.3 is 0 Å². The molecular weight excluding hydrogens is 144 g/mol. The molecule has 0 aliphatic carbocycles. The minimum atomic E-state index is -0.402. The van der Waals surface area contributed by atoms with Crippen LogP contribution in [0.5, 0.6) is 0 Å². The molecule has 1 fully saturated rings. The number of hydrogen-bond donors (Lipinski definition) is 1. The molecule has 1 N–H and O–H groups in total. The summed E-state index contributed by atoms with van der Waals surface area (Å²) in [6.07, 6.45) is 1.21. The van der Waals surface area contributed by atoms with E-state index in [-0.39, 0.29) is 5.92 Å². The van der Waals surface area contributed by atoms with Crippen LogP contribution in [0.1, 0.15) is 11.7 Å². The third kappa shape index (κ3) is 1.17. The number of aliphatic hydroxyl groups excluding tert-OH is 1. The lowest BCUT2D eigenvalue weighted by atomic mass is 10.0. The van der Waals surface area contributed by atoms with Gasteiger partial charge in [-0.2, -0.15) is 0 Å². The molecule has 1 aromatic heterocycles. The summed E-state index contributed by atoms with van der Waals surface area (Å²) >= 11 is 0. The Hall–Kier alpha value is -0.800. The fraction of sp³-hybridized carbons (Fsp3) is 0.500. The van der Waals surface area contributed by atoms with Crippen LogP contribution in [0.15, 0.2) is 22.8 Å². The summed E-state index contributed by atoms with van der Waals surface area (Å²) < 4.78 is 10.2. The maximum atomic E-state index is 9.38. The van der Waals surface area contributed by atoms with Crippen LogP contribution in [0.3, 0.4) is 0 Å². The van der Waals surface area contributed by atoms with Crippen LogP contribution in [-0.2, 0) is 4.74 Å². The van der Waals surface area contributed by atoms with Crippen molar-refractivity contribution in [3.05, 3.63) is 24.2 Å². The monoisotopic (exact) mass is 154 g/mol. The van der Waals surface area contributed by atoms with Crippen LogP contribution in [0.4, 0.5) is 0 Å². The Bertz CT molecular complexity index is 217. The first-order valence-corrected chi connectivity index (χ1v) is 3.67. The van der Waals surface area contributed by atoms with Gasteiger partial charge in [0, 0.05) is 0 Å². The normalized spacial score (nSPS) is 31.0. The average molecular weight is 154 g/mol. The number of furan rings is 1. The standard InChI is InChI=1S/C8H10O3/c9-7-5-10-4-6(7)8-2-1-3-11-8/h1-3,6-7,9H,4-5H2. The van der Waals surface area contributed by atoms with Crippen LogP contribution in [-0.4, -0.2) is 24.4 Å². The summed E-state index contributed by atoms with van der Waals surface area (Å²) in [4.78, 5) is 0. The van der Waals surface area contributed by atoms with Crippen molar-refractivity contribution in [1.29, 1.82) is 0 Å². The number of aliphatic hydroxyl groups is 1. The second kappa shape index (κ2) is 2.68. The molecule has 0 spiro atoms. The zero-order valence-electron chi connectivity index (χ0n) is 6.06. The van der Waals surface area contributed by atoms with Crippen LogP contribution in [0, 0.1) is 0 Å². The summed E-state index contributed by atoms with van der Waals surface area (Å²) in [6, 6.07) is 3.68. The van der Waals surface area contributed by atoms with E-state index >= 15 is 0 Å². The van der Waals surface area contributed by atoms with Gasteiger partial charge in [-0.1, -0.05) is 0 Å². The summed E-state index contributed by atoms with van der Waals surface area (Å²) in [7, 11) is 0. The minimum absolute atomic E-state index is 0.0324. The van der Waals surface area contributed by atoms with Crippen molar-refractivity contribution in [2.75, 3.05) is 13.2 Å². The van der Waals surface area contributed by atoms with Gasteiger partial charge in [-0.25, -0.2) is 0 Å². The van der Waals surface area contributed by atoms with Crippen molar-refractivity contribution in [2.24, 2.45) is 0 Å². The molecule has 0 bridgehead atoms. The van der Waals surface area contributed by atoms with Gasteiger partial charge in [0.1, 0.15) is 5.76 Å². The van der Waals surface area contributed by atoms with Crippen molar-refractivity contribution in [3.8, 4) is 0 Å². The van der Waals surface area contributed by atoms with Gasteiger partial charge in [-0.15, -0.1) is 0 Å². The first kappa shape index (κ1) is 6.88. The van der Waals surface area contributed by atoms with E-state index in [2.05, 4.69) is 0 Å². The molecule has 11 heavy (non-hydrogen) atoms. The van der Waals surface area contributed by atoms with Crippen LogP contribution >= 0.6 is 0 Å². The van der Waals surface area contributed by atoms with Gasteiger partial charge in [0.25, 0.3) is 0 Å². The lowest BCUT2D eigenvalue weighted by Crippen LogP contribution is -2.14. The van der Waals surface area contributed by atoms with E-state index < -0.39 is 6.10 Å². The van der Waals surface area contributed by atoms with Crippen LogP contribution in [0.25, 0.3) is 0 Å². The third-order valence-corrected chi connectivity index (χ3v) is 1.96. The summed E-state index contributed by atoms with van der Waals surface area (Å²) in [6.45, 7) is 0.986. The van der Waals surface area contributed by atoms with E-state index in [1.54, 1.807) is 6.26 Å². The second-order valence-electron chi connectivity index (χ2n) is 2.73. The second-order valence-corrected chi connectivity index (χ2v) is 2.73. The van der Waals surface area contributed by atoms with E-state index in [0.29, 0.717) is 13.2 Å². The molecule has 2 unspecified atom stereocenters. The highest BCUT2D eigenvalue weighted by Gasteiger charge is 2.29. The Morgan fingerprint density at radius 3 is 2.91 bits per heavy atom. The molecule has 1 aromatic rings. The Morgan fingerprint density at radius 1 is 1.45 bits per heavy atom. The fourth-order valence-corrected chi connectivity index (χ4v) is 1.32. The zero-order valence-corrected chi connectivity index (χ0v) is 6.06. The van der Waals surface area contributed by atoms with E-state index in [4.69, 9.17) is 9.15 Å². The maximum absolute atomic E-state index is 9.38. The number of hydrogen-bond acceptors (Lipinski definition) is 3. The van der Waals surface area contributed by atoms with Crippen molar-refractivity contribution in [3.63, 3.8) is 0 Å². The molecule has 0 aromatic carbocycles. The average Bonchev–Trinajstić information content (AvgIpc) is 2.55. The SMILES string of the molecule is OC1COCC1c1ccco1. The first-order valence-electron chi connectivity index (χ1n) is 3.67. The zero-order chi connectivity index (χ0) is 7.68. The van der Waals surface area contributed by atoms with Crippen molar-refractivity contribution < 1.29 is 14.3 Å². The summed E-state index contributed by atoms with van der Waals surface area (Å²) in [5.41, 5.74) is 0. The van der Waals surface area contributed by atoms with Crippen molar-refractivity contribution in [2.45, 2.75) is 12.0 Å². The van der Waals surface area contributed by atoms with Crippen LogP contribution < -0.4 is 0 Å². The third-order valence-electron chi connectivity index (χ3n) is 1.96. The Kier molecular flexibility index (Phi) is 1.68. The molecule has 0 amide bonds. The topological polar surface area (TPSA) is 42.6 Å². The quantitative estimate of drug-likeness (QED) is 0.649. The molecule has 1 saturated heterocycles. The molecule has 1 aliphatic heterocycles. The van der Waals surface area contributed by atoms with Gasteiger partial charge < -0.3 is 14.3 Å². The van der Waals surface area contributed by atoms with E-state index in [9.17, 15) is 5.11 Å². The van der Waals surface area contributed by atoms with Gasteiger partial charge in [-0.05, 0) is 12.1 Å². The van der Waals surface area contributed by atoms with E-state index in [0.717, 1.165) is 5.76 Å². The van der Waals surface area contributed by atoms with Gasteiger partial charge in [0.2, 0.25) is 0 Å². The molecule has 1 aliphatic rings. The lowest BCUT2D eigenvalue weighted by molar-refractivity contribution is 0.123. The Morgan fingerprint density at radius 2 is 2.36 bits per heavy atom. The fourth-order valence-electron chi connectivity index (χ4n) is 1.32. The smallest absolute Gasteiger partial charge is 0.111 e. The number of ether oxygens (including phenoxy) is 1. The predicted molar refractivity (Wildman–Crippen MR) is 38.3 cm³/mol. The van der Waals surface area contributed by atoms with Crippen LogP contribution in [0.2, 0.25) is 0 Å². The molecule has 0 radical (unpaired) electrons. The molecule has 3 nitrogen and oxygen atoms in total. The minimum Gasteiger partial charge on any atom is -0.469 e. The highest BCUT2D eigenvalue weighted by Crippen LogP contribution is 2.25. The molecule has 2 rings (SSSR count). The van der Waals surface area contributed by atoms with Gasteiger partial charge in [-0.3, -0.25) is 0 Å². The van der Waals surface area contributed by atoms with E-state index in [1.807, 2.05) is 12.1 Å². The predicted octanol–water partition coefficient (Wildman–Crippen LogP) is 0.754.